The molecule has 26 heavy (non-hydrogen) atoms. The number of methoxy groups -OCH3 is 1. The van der Waals surface area contributed by atoms with Gasteiger partial charge in [-0.25, -0.2) is 9.78 Å². The fraction of sp³-hybridized carbons (Fsp3) is 0.100. The van der Waals surface area contributed by atoms with Crippen molar-refractivity contribution in [3.05, 3.63) is 77.3 Å². The summed E-state index contributed by atoms with van der Waals surface area (Å²) in [6.45, 7) is -0.0529. The van der Waals surface area contributed by atoms with Crippen molar-refractivity contribution in [3.63, 3.8) is 0 Å². The Hall–Kier alpha value is -3.05. The lowest BCUT2D eigenvalue weighted by Gasteiger charge is -2.03. The SMILES string of the molecule is COc1ccccc1/C=C/C(=O)OCc1ncc(-c2ccc(Cl)cc2)o1. The number of esters is 1. The number of aromatic nitrogens is 1. The molecule has 0 saturated heterocycles. The fourth-order valence-corrected chi connectivity index (χ4v) is 2.39. The lowest BCUT2D eigenvalue weighted by molar-refractivity contribution is -0.139. The molecule has 0 spiro atoms. The predicted molar refractivity (Wildman–Crippen MR) is 98.8 cm³/mol. The Morgan fingerprint density at radius 2 is 1.96 bits per heavy atom. The molecule has 3 aromatic rings. The highest BCUT2D eigenvalue weighted by Gasteiger charge is 2.08. The monoisotopic (exact) mass is 369 g/mol. The van der Waals surface area contributed by atoms with Crippen LogP contribution in [0.2, 0.25) is 5.02 Å². The molecule has 0 bridgehead atoms. The number of ether oxygens (including phenoxy) is 2. The lowest BCUT2D eigenvalue weighted by Crippen LogP contribution is -2.00. The van der Waals surface area contributed by atoms with Gasteiger partial charge in [-0.3, -0.25) is 0 Å². The minimum absolute atomic E-state index is 0.0529. The van der Waals surface area contributed by atoms with E-state index in [1.807, 2.05) is 36.4 Å². The number of hydrogen-bond acceptors (Lipinski definition) is 5. The summed E-state index contributed by atoms with van der Waals surface area (Å²) in [5.74, 6) is 1.07. The van der Waals surface area contributed by atoms with Gasteiger partial charge in [0.15, 0.2) is 12.4 Å². The summed E-state index contributed by atoms with van der Waals surface area (Å²) in [5.41, 5.74) is 1.63. The minimum atomic E-state index is -0.498. The van der Waals surface area contributed by atoms with Gasteiger partial charge in [0.25, 0.3) is 0 Å². The van der Waals surface area contributed by atoms with Crippen LogP contribution in [0.5, 0.6) is 5.75 Å². The molecule has 0 fully saturated rings. The van der Waals surface area contributed by atoms with Crippen LogP contribution in [0.25, 0.3) is 17.4 Å². The van der Waals surface area contributed by atoms with Gasteiger partial charge in [-0.15, -0.1) is 0 Å². The van der Waals surface area contributed by atoms with Crippen molar-refractivity contribution in [2.45, 2.75) is 6.61 Å². The second-order valence-electron chi connectivity index (χ2n) is 5.31. The zero-order chi connectivity index (χ0) is 18.4. The summed E-state index contributed by atoms with van der Waals surface area (Å²) in [4.78, 5) is 16.0. The van der Waals surface area contributed by atoms with Crippen LogP contribution in [0.15, 0.2) is 65.2 Å². The van der Waals surface area contributed by atoms with Crippen molar-refractivity contribution in [3.8, 4) is 17.1 Å². The van der Waals surface area contributed by atoms with Crippen LogP contribution in [-0.4, -0.2) is 18.1 Å². The van der Waals surface area contributed by atoms with Gasteiger partial charge in [-0.2, -0.15) is 0 Å². The number of benzene rings is 2. The molecular formula is C20H16ClNO4. The van der Waals surface area contributed by atoms with Gasteiger partial charge in [0.1, 0.15) is 5.75 Å². The highest BCUT2D eigenvalue weighted by atomic mass is 35.5. The maximum absolute atomic E-state index is 11.9. The number of halogens is 1. The maximum atomic E-state index is 11.9. The van der Waals surface area contributed by atoms with E-state index in [2.05, 4.69) is 4.98 Å². The molecule has 0 saturated carbocycles. The Morgan fingerprint density at radius 3 is 2.73 bits per heavy atom. The van der Waals surface area contributed by atoms with Crippen LogP contribution in [0.3, 0.4) is 0 Å². The van der Waals surface area contributed by atoms with Gasteiger partial charge >= 0.3 is 5.97 Å². The first-order chi connectivity index (χ1) is 12.7. The predicted octanol–water partition coefficient (Wildman–Crippen LogP) is 4.76. The van der Waals surface area contributed by atoms with Gasteiger partial charge in [0, 0.05) is 22.2 Å². The molecule has 0 aliphatic carbocycles. The standard InChI is InChI=1S/C20H16ClNO4/c1-24-17-5-3-2-4-14(17)8-11-20(23)25-13-19-22-12-18(26-19)15-6-9-16(21)10-7-15/h2-12H,13H2,1H3/b11-8+. The highest BCUT2D eigenvalue weighted by Crippen LogP contribution is 2.22. The number of carbonyl (C=O) groups is 1. The van der Waals surface area contributed by atoms with Crippen molar-refractivity contribution < 1.29 is 18.7 Å². The fourth-order valence-electron chi connectivity index (χ4n) is 2.27. The van der Waals surface area contributed by atoms with Crippen molar-refractivity contribution in [2.24, 2.45) is 0 Å². The number of oxazole rings is 1. The first-order valence-electron chi connectivity index (χ1n) is 7.84. The molecule has 5 nitrogen and oxygen atoms in total. The second kappa shape index (κ2) is 8.36. The third-order valence-corrected chi connectivity index (χ3v) is 3.81. The average Bonchev–Trinajstić information content (AvgIpc) is 3.14. The summed E-state index contributed by atoms with van der Waals surface area (Å²) in [7, 11) is 1.58. The molecule has 0 N–H and O–H groups in total. The minimum Gasteiger partial charge on any atom is -0.496 e. The van der Waals surface area contributed by atoms with Crippen LogP contribution in [0.4, 0.5) is 0 Å². The Labute approximate surface area is 155 Å². The van der Waals surface area contributed by atoms with Crippen molar-refractivity contribution in [2.75, 3.05) is 7.11 Å². The van der Waals surface area contributed by atoms with E-state index in [0.717, 1.165) is 11.1 Å². The highest BCUT2D eigenvalue weighted by molar-refractivity contribution is 6.30. The number of hydrogen-bond donors (Lipinski definition) is 0. The molecular weight excluding hydrogens is 354 g/mol. The number of carbonyl (C=O) groups excluding carboxylic acids is 1. The number of para-hydroxylation sites is 1. The average molecular weight is 370 g/mol. The van der Waals surface area contributed by atoms with E-state index in [1.165, 1.54) is 6.08 Å². The van der Waals surface area contributed by atoms with E-state index < -0.39 is 5.97 Å². The maximum Gasteiger partial charge on any atom is 0.331 e. The topological polar surface area (TPSA) is 61.6 Å². The smallest absolute Gasteiger partial charge is 0.331 e. The third-order valence-electron chi connectivity index (χ3n) is 3.56. The van der Waals surface area contributed by atoms with Crippen LogP contribution in [-0.2, 0) is 16.1 Å². The van der Waals surface area contributed by atoms with Gasteiger partial charge in [0.2, 0.25) is 5.89 Å². The Bertz CT molecular complexity index is 916. The van der Waals surface area contributed by atoms with E-state index >= 15 is 0 Å². The molecule has 1 heterocycles. The largest absolute Gasteiger partial charge is 0.496 e. The lowest BCUT2D eigenvalue weighted by atomic mass is 10.2. The summed E-state index contributed by atoms with van der Waals surface area (Å²) in [6.07, 6.45) is 4.55. The van der Waals surface area contributed by atoms with E-state index in [1.54, 1.807) is 31.5 Å². The van der Waals surface area contributed by atoms with E-state index in [4.69, 9.17) is 25.5 Å². The summed E-state index contributed by atoms with van der Waals surface area (Å²) in [5, 5.41) is 0.643. The first-order valence-corrected chi connectivity index (χ1v) is 8.22. The van der Waals surface area contributed by atoms with E-state index in [0.29, 0.717) is 22.4 Å². The molecule has 132 valence electrons. The molecule has 0 radical (unpaired) electrons. The van der Waals surface area contributed by atoms with Gasteiger partial charge in [0.05, 0.1) is 13.3 Å². The van der Waals surface area contributed by atoms with E-state index in [9.17, 15) is 4.79 Å². The molecule has 0 unspecified atom stereocenters. The zero-order valence-corrected chi connectivity index (χ0v) is 14.8. The van der Waals surface area contributed by atoms with Crippen molar-refractivity contribution in [1.29, 1.82) is 0 Å². The Morgan fingerprint density at radius 1 is 1.19 bits per heavy atom. The summed E-state index contributed by atoms with van der Waals surface area (Å²) >= 11 is 5.86. The van der Waals surface area contributed by atoms with Gasteiger partial charge in [-0.1, -0.05) is 29.8 Å². The molecule has 2 aromatic carbocycles. The Balaban J connectivity index is 1.58. The summed E-state index contributed by atoms with van der Waals surface area (Å²) < 4.78 is 16.0. The van der Waals surface area contributed by atoms with E-state index in [-0.39, 0.29) is 6.61 Å². The molecule has 0 aliphatic rings. The van der Waals surface area contributed by atoms with Crippen LogP contribution in [0, 0.1) is 0 Å². The molecule has 3 rings (SSSR count). The second-order valence-corrected chi connectivity index (χ2v) is 5.74. The third kappa shape index (κ3) is 4.52. The van der Waals surface area contributed by atoms with Crippen molar-refractivity contribution in [1.82, 2.24) is 4.98 Å². The van der Waals surface area contributed by atoms with Crippen LogP contribution in [0.1, 0.15) is 11.5 Å². The zero-order valence-electron chi connectivity index (χ0n) is 14.0. The quantitative estimate of drug-likeness (QED) is 0.463. The van der Waals surface area contributed by atoms with Crippen LogP contribution >= 0.6 is 11.6 Å². The molecule has 1 aromatic heterocycles. The Kier molecular flexibility index (Phi) is 5.71. The molecule has 0 aliphatic heterocycles. The normalized spacial score (nSPS) is 10.8. The summed E-state index contributed by atoms with van der Waals surface area (Å²) in [6, 6.07) is 14.6. The molecule has 6 heteroatoms. The van der Waals surface area contributed by atoms with Crippen molar-refractivity contribution >= 4 is 23.6 Å². The van der Waals surface area contributed by atoms with Gasteiger partial charge < -0.3 is 13.9 Å². The number of rotatable bonds is 6. The van der Waals surface area contributed by atoms with Gasteiger partial charge in [-0.05, 0) is 36.4 Å². The van der Waals surface area contributed by atoms with Crippen LogP contribution < -0.4 is 4.74 Å². The first kappa shape index (κ1) is 17.8. The molecule has 0 atom stereocenters. The number of nitrogens with zero attached hydrogens (tertiary/aromatic N) is 1. The molecule has 0 amide bonds.